The predicted octanol–water partition coefficient (Wildman–Crippen LogP) is 3.19. The molecule has 3 rings (SSSR count). The largest absolute Gasteiger partial charge is 0.327 e. The van der Waals surface area contributed by atoms with Crippen molar-refractivity contribution in [1.82, 2.24) is 4.98 Å². The highest BCUT2D eigenvalue weighted by molar-refractivity contribution is 7.15. The topological polar surface area (TPSA) is 68.0 Å². The van der Waals surface area contributed by atoms with Crippen molar-refractivity contribution in [3.05, 3.63) is 47.0 Å². The van der Waals surface area contributed by atoms with Gasteiger partial charge in [0.25, 0.3) is 0 Å². The van der Waals surface area contributed by atoms with E-state index in [4.69, 9.17) is 5.73 Å². The smallest absolute Gasteiger partial charge is 0.226 e. The molecule has 5 heteroatoms. The van der Waals surface area contributed by atoms with Crippen molar-refractivity contribution in [2.24, 2.45) is 11.7 Å². The molecule has 1 saturated carbocycles. The Morgan fingerprint density at radius 1 is 1.32 bits per heavy atom. The van der Waals surface area contributed by atoms with Crippen LogP contribution in [-0.2, 0) is 11.2 Å². The molecule has 1 fully saturated rings. The number of thiazole rings is 1. The minimum absolute atomic E-state index is 0.0305. The number of carbonyl (C=O) groups is 1. The zero-order valence-corrected chi connectivity index (χ0v) is 13.3. The van der Waals surface area contributed by atoms with Gasteiger partial charge >= 0.3 is 0 Å². The summed E-state index contributed by atoms with van der Waals surface area (Å²) >= 11 is 1.54. The van der Waals surface area contributed by atoms with Gasteiger partial charge in [0.2, 0.25) is 5.91 Å². The number of benzene rings is 1. The normalized spacial score (nSPS) is 21.0. The Hall–Kier alpha value is -1.72. The number of anilines is 1. The molecule has 0 radical (unpaired) electrons. The van der Waals surface area contributed by atoms with E-state index < -0.39 is 0 Å². The van der Waals surface area contributed by atoms with E-state index in [0.717, 1.165) is 30.6 Å². The maximum atomic E-state index is 12.1. The molecule has 2 aromatic rings. The molecular formula is C17H21N3OS. The van der Waals surface area contributed by atoms with E-state index in [1.807, 2.05) is 24.4 Å². The Morgan fingerprint density at radius 2 is 2.14 bits per heavy atom. The first-order valence-corrected chi connectivity index (χ1v) is 8.56. The zero-order valence-electron chi connectivity index (χ0n) is 12.5. The first-order valence-electron chi connectivity index (χ1n) is 7.75. The molecule has 4 nitrogen and oxygen atoms in total. The van der Waals surface area contributed by atoms with Crippen LogP contribution >= 0.6 is 11.3 Å². The lowest BCUT2D eigenvalue weighted by Crippen LogP contribution is -2.28. The number of hydrogen-bond acceptors (Lipinski definition) is 4. The van der Waals surface area contributed by atoms with Crippen molar-refractivity contribution >= 4 is 22.4 Å². The monoisotopic (exact) mass is 315 g/mol. The van der Waals surface area contributed by atoms with Crippen LogP contribution in [0.15, 0.2) is 36.5 Å². The third kappa shape index (κ3) is 3.93. The van der Waals surface area contributed by atoms with Gasteiger partial charge in [0.1, 0.15) is 0 Å². The molecule has 3 N–H and O–H groups in total. The summed E-state index contributed by atoms with van der Waals surface area (Å²) in [6.07, 6.45) is 6.44. The fourth-order valence-electron chi connectivity index (χ4n) is 2.97. The molecule has 1 heterocycles. The second kappa shape index (κ2) is 7.03. The molecule has 22 heavy (non-hydrogen) atoms. The predicted molar refractivity (Wildman–Crippen MR) is 89.9 cm³/mol. The lowest BCUT2D eigenvalue weighted by molar-refractivity contribution is -0.117. The van der Waals surface area contributed by atoms with Crippen molar-refractivity contribution in [2.75, 3.05) is 5.32 Å². The van der Waals surface area contributed by atoms with E-state index in [-0.39, 0.29) is 11.9 Å². The van der Waals surface area contributed by atoms with Gasteiger partial charge in [-0.3, -0.25) is 4.79 Å². The van der Waals surface area contributed by atoms with Crippen molar-refractivity contribution < 1.29 is 4.79 Å². The number of nitrogens with two attached hydrogens (primary N) is 1. The SMILES string of the molecule is N[C@@H]1CCC[C@H]1CC(=O)Nc1ncc(Cc2ccccc2)s1. The van der Waals surface area contributed by atoms with Crippen LogP contribution in [0.4, 0.5) is 5.13 Å². The minimum atomic E-state index is 0.0305. The molecule has 0 unspecified atom stereocenters. The van der Waals surface area contributed by atoms with Crippen molar-refractivity contribution in [2.45, 2.75) is 38.1 Å². The van der Waals surface area contributed by atoms with Crippen molar-refractivity contribution in [1.29, 1.82) is 0 Å². The zero-order chi connectivity index (χ0) is 15.4. The van der Waals surface area contributed by atoms with Crippen LogP contribution in [0.1, 0.15) is 36.1 Å². The van der Waals surface area contributed by atoms with Gasteiger partial charge in [-0.15, -0.1) is 11.3 Å². The van der Waals surface area contributed by atoms with Crippen LogP contribution in [0.2, 0.25) is 0 Å². The van der Waals surface area contributed by atoms with E-state index in [1.165, 1.54) is 5.56 Å². The van der Waals surface area contributed by atoms with Crippen LogP contribution in [0.3, 0.4) is 0 Å². The summed E-state index contributed by atoms with van der Waals surface area (Å²) in [5, 5.41) is 3.59. The van der Waals surface area contributed by atoms with Crippen molar-refractivity contribution in [3.8, 4) is 0 Å². The average molecular weight is 315 g/mol. The molecule has 116 valence electrons. The van der Waals surface area contributed by atoms with Crippen LogP contribution in [-0.4, -0.2) is 16.9 Å². The Bertz CT molecular complexity index is 626. The molecule has 1 aliphatic carbocycles. The molecule has 2 atom stereocenters. The molecule has 1 aromatic heterocycles. The molecular weight excluding hydrogens is 294 g/mol. The second-order valence-electron chi connectivity index (χ2n) is 5.90. The molecule has 1 aromatic carbocycles. The third-order valence-corrected chi connectivity index (χ3v) is 5.10. The maximum Gasteiger partial charge on any atom is 0.226 e. The lowest BCUT2D eigenvalue weighted by atomic mass is 10.00. The third-order valence-electron chi connectivity index (χ3n) is 4.19. The first kappa shape index (κ1) is 15.2. The van der Waals surface area contributed by atoms with Gasteiger partial charge in [0.15, 0.2) is 5.13 Å². The molecule has 0 bridgehead atoms. The first-order chi connectivity index (χ1) is 10.7. The Morgan fingerprint density at radius 3 is 2.86 bits per heavy atom. The number of amides is 1. The summed E-state index contributed by atoms with van der Waals surface area (Å²) in [4.78, 5) is 17.5. The summed E-state index contributed by atoms with van der Waals surface area (Å²) in [6, 6.07) is 10.4. The van der Waals surface area contributed by atoms with Gasteiger partial charge in [-0.05, 0) is 24.3 Å². The average Bonchev–Trinajstić information content (AvgIpc) is 3.10. The van der Waals surface area contributed by atoms with Crippen LogP contribution < -0.4 is 11.1 Å². The van der Waals surface area contributed by atoms with Gasteiger partial charge < -0.3 is 11.1 Å². The van der Waals surface area contributed by atoms with Crippen molar-refractivity contribution in [3.63, 3.8) is 0 Å². The molecule has 0 aliphatic heterocycles. The van der Waals surface area contributed by atoms with Gasteiger partial charge in [0, 0.05) is 30.0 Å². The van der Waals surface area contributed by atoms with Crippen LogP contribution in [0.5, 0.6) is 0 Å². The summed E-state index contributed by atoms with van der Waals surface area (Å²) < 4.78 is 0. The number of rotatable bonds is 5. The highest BCUT2D eigenvalue weighted by Gasteiger charge is 2.26. The van der Waals surface area contributed by atoms with E-state index >= 15 is 0 Å². The Labute approximate surface area is 134 Å². The highest BCUT2D eigenvalue weighted by Crippen LogP contribution is 2.27. The van der Waals surface area contributed by atoms with E-state index in [1.54, 1.807) is 11.3 Å². The lowest BCUT2D eigenvalue weighted by Gasteiger charge is -2.13. The maximum absolute atomic E-state index is 12.1. The molecule has 1 aliphatic rings. The quantitative estimate of drug-likeness (QED) is 0.890. The van der Waals surface area contributed by atoms with Gasteiger partial charge in [-0.1, -0.05) is 36.8 Å². The summed E-state index contributed by atoms with van der Waals surface area (Å²) in [7, 11) is 0. The number of hydrogen-bond donors (Lipinski definition) is 2. The fourth-order valence-corrected chi connectivity index (χ4v) is 3.83. The standard InChI is InChI=1S/C17H21N3OS/c18-15-8-4-7-13(15)10-16(21)20-17-19-11-14(22-17)9-12-5-2-1-3-6-12/h1-3,5-6,11,13,15H,4,7-10,18H2,(H,19,20,21)/t13-,15+/m0/s1. The van der Waals surface area contributed by atoms with Crippen LogP contribution in [0.25, 0.3) is 0 Å². The fraction of sp³-hybridized carbons (Fsp3) is 0.412. The molecule has 0 saturated heterocycles. The summed E-state index contributed by atoms with van der Waals surface area (Å²) in [5.74, 6) is 0.353. The van der Waals surface area contributed by atoms with Crippen LogP contribution in [0, 0.1) is 5.92 Å². The number of aromatic nitrogens is 1. The minimum Gasteiger partial charge on any atom is -0.327 e. The molecule has 0 spiro atoms. The second-order valence-corrected chi connectivity index (χ2v) is 7.02. The Kier molecular flexibility index (Phi) is 4.85. The number of carbonyl (C=O) groups excluding carboxylic acids is 1. The van der Waals surface area contributed by atoms with Gasteiger partial charge in [-0.25, -0.2) is 4.98 Å². The van der Waals surface area contributed by atoms with E-state index in [9.17, 15) is 4.79 Å². The molecule has 1 amide bonds. The number of nitrogens with one attached hydrogen (secondary N) is 1. The van der Waals surface area contributed by atoms with Gasteiger partial charge in [-0.2, -0.15) is 0 Å². The Balaban J connectivity index is 1.54. The van der Waals surface area contributed by atoms with E-state index in [2.05, 4.69) is 22.4 Å². The van der Waals surface area contributed by atoms with E-state index in [0.29, 0.717) is 17.5 Å². The highest BCUT2D eigenvalue weighted by atomic mass is 32.1. The summed E-state index contributed by atoms with van der Waals surface area (Å²) in [5.41, 5.74) is 7.27. The van der Waals surface area contributed by atoms with Gasteiger partial charge in [0.05, 0.1) is 0 Å². The number of nitrogens with zero attached hydrogens (tertiary/aromatic N) is 1. The summed E-state index contributed by atoms with van der Waals surface area (Å²) in [6.45, 7) is 0.